The van der Waals surface area contributed by atoms with Crippen LogP contribution in [-0.2, 0) is 0 Å². The van der Waals surface area contributed by atoms with Crippen LogP contribution in [0.2, 0.25) is 0 Å². The van der Waals surface area contributed by atoms with Crippen molar-refractivity contribution in [3.8, 4) is 5.75 Å². The van der Waals surface area contributed by atoms with Crippen molar-refractivity contribution in [3.05, 3.63) is 24.0 Å². The van der Waals surface area contributed by atoms with Crippen molar-refractivity contribution in [3.63, 3.8) is 0 Å². The second kappa shape index (κ2) is 6.65. The summed E-state index contributed by atoms with van der Waals surface area (Å²) in [6.07, 6.45) is 3.00. The molecule has 0 radical (unpaired) electrons. The van der Waals surface area contributed by atoms with E-state index in [-0.39, 0.29) is 0 Å². The number of hydrogen-bond donors (Lipinski definition) is 0. The van der Waals surface area contributed by atoms with E-state index in [1.807, 2.05) is 19.1 Å². The molecule has 0 fully saturated rings. The summed E-state index contributed by atoms with van der Waals surface area (Å²) >= 11 is 0. The largest absolute Gasteiger partial charge is 0.495 e. The summed E-state index contributed by atoms with van der Waals surface area (Å²) in [5, 5.41) is 0. The standard InChI is InChI=1S/C7H9NO.C3H8/c1-6-7(9-2)4-3-5-8-6;1-3-2/h3-5H,1-2H3;3H2,1-2H3. The van der Waals surface area contributed by atoms with Crippen molar-refractivity contribution in [2.24, 2.45) is 0 Å². The van der Waals surface area contributed by atoms with Crippen LogP contribution in [0.4, 0.5) is 0 Å². The molecule has 0 saturated carbocycles. The molecule has 2 nitrogen and oxygen atoms in total. The van der Waals surface area contributed by atoms with Gasteiger partial charge in [0.2, 0.25) is 0 Å². The molecule has 68 valence electrons. The molecule has 0 N–H and O–H groups in total. The minimum absolute atomic E-state index is 0.845. The van der Waals surface area contributed by atoms with Crippen molar-refractivity contribution in [1.29, 1.82) is 0 Å². The lowest BCUT2D eigenvalue weighted by atomic mass is 10.3. The molecule has 0 aliphatic carbocycles. The van der Waals surface area contributed by atoms with Gasteiger partial charge < -0.3 is 4.74 Å². The van der Waals surface area contributed by atoms with Gasteiger partial charge in [0.15, 0.2) is 0 Å². The Bertz CT molecular complexity index is 211. The van der Waals surface area contributed by atoms with Gasteiger partial charge >= 0.3 is 0 Å². The van der Waals surface area contributed by atoms with E-state index in [2.05, 4.69) is 18.8 Å². The minimum Gasteiger partial charge on any atom is -0.495 e. The lowest BCUT2D eigenvalue weighted by Gasteiger charge is -1.99. The van der Waals surface area contributed by atoms with Gasteiger partial charge in [0, 0.05) is 6.20 Å². The van der Waals surface area contributed by atoms with Crippen LogP contribution in [0.15, 0.2) is 18.3 Å². The van der Waals surface area contributed by atoms with E-state index in [1.54, 1.807) is 13.3 Å². The van der Waals surface area contributed by atoms with Gasteiger partial charge in [-0.15, -0.1) is 0 Å². The van der Waals surface area contributed by atoms with Gasteiger partial charge in [-0.1, -0.05) is 20.3 Å². The first-order valence-electron chi connectivity index (χ1n) is 4.21. The van der Waals surface area contributed by atoms with Crippen molar-refractivity contribution in [2.75, 3.05) is 7.11 Å². The summed E-state index contributed by atoms with van der Waals surface area (Å²) in [5.41, 5.74) is 0.931. The van der Waals surface area contributed by atoms with Gasteiger partial charge in [-0.25, -0.2) is 0 Å². The summed E-state index contributed by atoms with van der Waals surface area (Å²) in [6, 6.07) is 3.74. The number of methoxy groups -OCH3 is 1. The average molecular weight is 167 g/mol. The maximum Gasteiger partial charge on any atom is 0.140 e. The fourth-order valence-corrected chi connectivity index (χ4v) is 0.685. The van der Waals surface area contributed by atoms with Crippen molar-refractivity contribution < 1.29 is 4.74 Å². The van der Waals surface area contributed by atoms with Crippen LogP contribution in [0, 0.1) is 6.92 Å². The van der Waals surface area contributed by atoms with E-state index in [1.165, 1.54) is 6.42 Å². The number of pyridine rings is 1. The second-order valence-corrected chi connectivity index (χ2v) is 2.50. The molecular weight excluding hydrogens is 150 g/mol. The minimum atomic E-state index is 0.845. The number of nitrogens with zero attached hydrogens (tertiary/aromatic N) is 1. The van der Waals surface area contributed by atoms with Crippen molar-refractivity contribution >= 4 is 0 Å². The van der Waals surface area contributed by atoms with Crippen LogP contribution in [0.1, 0.15) is 26.0 Å². The molecular formula is C10H17NO. The summed E-state index contributed by atoms with van der Waals surface area (Å²) in [5.74, 6) is 0.845. The fraction of sp³-hybridized carbons (Fsp3) is 0.500. The topological polar surface area (TPSA) is 22.1 Å². The first-order chi connectivity index (χ1) is 5.76. The summed E-state index contributed by atoms with van der Waals surface area (Å²) < 4.78 is 4.98. The van der Waals surface area contributed by atoms with E-state index >= 15 is 0 Å². The molecule has 1 aromatic rings. The van der Waals surface area contributed by atoms with E-state index in [9.17, 15) is 0 Å². The molecule has 1 aromatic heterocycles. The maximum absolute atomic E-state index is 4.98. The van der Waals surface area contributed by atoms with Crippen LogP contribution < -0.4 is 4.74 Å². The lowest BCUT2D eigenvalue weighted by Crippen LogP contribution is -1.87. The van der Waals surface area contributed by atoms with Gasteiger partial charge in [0.25, 0.3) is 0 Å². The van der Waals surface area contributed by atoms with Crippen LogP contribution in [0.5, 0.6) is 5.75 Å². The summed E-state index contributed by atoms with van der Waals surface area (Å²) in [6.45, 7) is 6.17. The Kier molecular flexibility index (Phi) is 6.07. The monoisotopic (exact) mass is 167 g/mol. The zero-order chi connectivity index (χ0) is 9.40. The number of ether oxygens (including phenoxy) is 1. The molecule has 2 heteroatoms. The molecule has 1 heterocycles. The zero-order valence-corrected chi connectivity index (χ0v) is 8.29. The van der Waals surface area contributed by atoms with Gasteiger partial charge in [-0.2, -0.15) is 0 Å². The first-order valence-corrected chi connectivity index (χ1v) is 4.21. The van der Waals surface area contributed by atoms with Crippen LogP contribution in [-0.4, -0.2) is 12.1 Å². The van der Waals surface area contributed by atoms with Crippen molar-refractivity contribution in [1.82, 2.24) is 4.98 Å². The van der Waals surface area contributed by atoms with Crippen LogP contribution in [0.3, 0.4) is 0 Å². The molecule has 0 unspecified atom stereocenters. The number of rotatable bonds is 1. The highest BCUT2D eigenvalue weighted by Crippen LogP contribution is 2.11. The fourth-order valence-electron chi connectivity index (χ4n) is 0.685. The van der Waals surface area contributed by atoms with E-state index < -0.39 is 0 Å². The van der Waals surface area contributed by atoms with E-state index in [4.69, 9.17) is 4.74 Å². The molecule has 0 atom stereocenters. The molecule has 1 rings (SSSR count). The Morgan fingerprint density at radius 2 is 2.00 bits per heavy atom. The first kappa shape index (κ1) is 11.0. The maximum atomic E-state index is 4.98. The SMILES string of the molecule is CCC.COc1cccnc1C. The molecule has 12 heavy (non-hydrogen) atoms. The molecule has 0 aliphatic heterocycles. The van der Waals surface area contributed by atoms with Crippen molar-refractivity contribution in [2.45, 2.75) is 27.2 Å². The number of hydrogen-bond acceptors (Lipinski definition) is 2. The Labute approximate surface area is 74.6 Å². The third kappa shape index (κ3) is 3.96. The highest BCUT2D eigenvalue weighted by Gasteiger charge is 1.92. The number of aryl methyl sites for hydroxylation is 1. The van der Waals surface area contributed by atoms with Gasteiger partial charge in [0.1, 0.15) is 5.75 Å². The van der Waals surface area contributed by atoms with Gasteiger partial charge in [0.05, 0.1) is 12.8 Å². The molecule has 0 aliphatic rings. The van der Waals surface area contributed by atoms with Crippen LogP contribution in [0.25, 0.3) is 0 Å². The molecule has 0 amide bonds. The summed E-state index contributed by atoms with van der Waals surface area (Å²) in [7, 11) is 1.64. The third-order valence-electron chi connectivity index (χ3n) is 1.18. The Balaban J connectivity index is 0.000000354. The zero-order valence-electron chi connectivity index (χ0n) is 8.29. The summed E-state index contributed by atoms with van der Waals surface area (Å²) in [4.78, 5) is 4.02. The predicted molar refractivity (Wildman–Crippen MR) is 51.5 cm³/mol. The lowest BCUT2D eigenvalue weighted by molar-refractivity contribution is 0.409. The molecule has 0 spiro atoms. The van der Waals surface area contributed by atoms with Gasteiger partial charge in [-0.3, -0.25) is 4.98 Å². The number of aromatic nitrogens is 1. The average Bonchev–Trinajstić information content (AvgIpc) is 2.07. The molecule has 0 saturated heterocycles. The van der Waals surface area contributed by atoms with Crippen LogP contribution >= 0.6 is 0 Å². The smallest absolute Gasteiger partial charge is 0.140 e. The Morgan fingerprint density at radius 3 is 2.33 bits per heavy atom. The predicted octanol–water partition coefficient (Wildman–Crippen LogP) is 2.81. The Hall–Kier alpha value is -1.05. The highest BCUT2D eigenvalue weighted by atomic mass is 16.5. The quantitative estimate of drug-likeness (QED) is 0.641. The second-order valence-electron chi connectivity index (χ2n) is 2.50. The Morgan fingerprint density at radius 1 is 1.42 bits per heavy atom. The van der Waals surface area contributed by atoms with E-state index in [0.29, 0.717) is 0 Å². The van der Waals surface area contributed by atoms with E-state index in [0.717, 1.165) is 11.4 Å². The van der Waals surface area contributed by atoms with Gasteiger partial charge in [-0.05, 0) is 19.1 Å². The normalized spacial score (nSPS) is 8.33. The molecule has 0 bridgehead atoms. The third-order valence-corrected chi connectivity index (χ3v) is 1.18. The molecule has 0 aromatic carbocycles. The highest BCUT2D eigenvalue weighted by molar-refractivity contribution is 5.24.